The van der Waals surface area contributed by atoms with Gasteiger partial charge in [0.05, 0.1) is 15.3 Å². The Morgan fingerprint density at radius 3 is 2.02 bits per heavy atom. The number of nitrogens with zero attached hydrogens (tertiary/aromatic N) is 1. The van der Waals surface area contributed by atoms with Gasteiger partial charge in [-0.1, -0.05) is 104 Å². The third-order valence-corrected chi connectivity index (χ3v) is 12.3. The van der Waals surface area contributed by atoms with E-state index >= 15 is 0 Å². The van der Waals surface area contributed by atoms with Gasteiger partial charge in [-0.2, -0.15) is 0 Å². The van der Waals surface area contributed by atoms with Gasteiger partial charge < -0.3 is 9.32 Å². The summed E-state index contributed by atoms with van der Waals surface area (Å²) in [6.07, 6.45) is 0. The minimum Gasteiger partial charge on any atom is -0.468 e. The predicted octanol–water partition coefficient (Wildman–Crippen LogP) is 9.86. The van der Waals surface area contributed by atoms with Crippen LogP contribution in [0.5, 0.6) is 0 Å². The van der Waals surface area contributed by atoms with Crippen molar-refractivity contribution in [1.29, 1.82) is 0 Å². The second-order valence-electron chi connectivity index (χ2n) is 12.6. The van der Waals surface area contributed by atoms with Crippen molar-refractivity contribution in [2.75, 3.05) is 4.90 Å². The molecule has 0 unspecified atom stereocenters. The van der Waals surface area contributed by atoms with Crippen LogP contribution in [0, 0.1) is 0 Å². The van der Waals surface area contributed by atoms with Gasteiger partial charge in [-0.05, 0) is 77.1 Å². The molecule has 0 amide bonds. The van der Waals surface area contributed by atoms with E-state index in [0.29, 0.717) is 0 Å². The fourth-order valence-corrected chi connectivity index (χ4v) is 10.4. The summed E-state index contributed by atoms with van der Waals surface area (Å²) in [5.41, 5.74) is 9.71. The normalized spacial score (nSPS) is 13.6. The van der Waals surface area contributed by atoms with Gasteiger partial charge in [0.1, 0.15) is 0 Å². The monoisotopic (exact) mass is 621 g/mol. The van der Waals surface area contributed by atoms with Crippen molar-refractivity contribution in [3.8, 4) is 0 Å². The van der Waals surface area contributed by atoms with Crippen LogP contribution in [0.25, 0.3) is 20.4 Å². The van der Waals surface area contributed by atoms with Crippen LogP contribution in [0.4, 0.5) is 17.1 Å². The zero-order valence-electron chi connectivity index (χ0n) is 24.6. The highest BCUT2D eigenvalue weighted by Gasteiger charge is 2.43. The minimum atomic E-state index is 0.0469. The number of rotatable bonds is 3. The topological polar surface area (TPSA) is 16.4 Å². The Bertz CT molecular complexity index is 2190. The molecule has 4 heterocycles. The van der Waals surface area contributed by atoms with E-state index in [1.54, 1.807) is 0 Å². The minimum absolute atomic E-state index is 0.0469. The fourth-order valence-electron chi connectivity index (χ4n) is 6.56. The van der Waals surface area contributed by atoms with Crippen LogP contribution < -0.4 is 21.5 Å². The molecule has 0 saturated heterocycles. The number of para-hydroxylation sites is 2. The van der Waals surface area contributed by atoms with Crippen LogP contribution in [-0.4, -0.2) is 6.71 Å². The van der Waals surface area contributed by atoms with E-state index in [4.69, 9.17) is 4.42 Å². The highest BCUT2D eigenvalue weighted by atomic mass is 32.2. The van der Waals surface area contributed by atoms with Gasteiger partial charge in [0.25, 0.3) is 6.71 Å². The average molecular weight is 622 g/mol. The maximum absolute atomic E-state index is 6.93. The zero-order chi connectivity index (χ0) is 29.6. The van der Waals surface area contributed by atoms with Gasteiger partial charge in [0, 0.05) is 41.8 Å². The Balaban J connectivity index is 1.27. The first kappa shape index (κ1) is 26.6. The van der Waals surface area contributed by atoms with Crippen LogP contribution in [0.3, 0.4) is 0 Å². The van der Waals surface area contributed by atoms with E-state index in [1.807, 2.05) is 34.9 Å². The van der Waals surface area contributed by atoms with Crippen molar-refractivity contribution < 1.29 is 4.42 Å². The smallest absolute Gasteiger partial charge is 0.292 e. The highest BCUT2D eigenvalue weighted by molar-refractivity contribution is 8.01. The Morgan fingerprint density at radius 2 is 1.32 bits per heavy atom. The Hall–Kier alpha value is -3.84. The van der Waals surface area contributed by atoms with E-state index < -0.39 is 0 Å². The molecule has 44 heavy (non-hydrogen) atoms. The lowest BCUT2D eigenvalue weighted by Crippen LogP contribution is -2.57. The Kier molecular flexibility index (Phi) is 5.94. The maximum atomic E-state index is 6.93. The standard InChI is InChI=1S/C38H28BNOS3/c1-38(2,3)23-20-31-33-32(21-23)44-36-35-34(27-16-10-11-17-29(27)43-35)41-37(36)39(33)28-19-18-26(22-30(28)42-31)40(24-12-6-4-7-13-24)25-14-8-5-9-15-25/h4-22H,1-3H3. The third kappa shape index (κ3) is 4.04. The first-order valence-electron chi connectivity index (χ1n) is 15.0. The van der Waals surface area contributed by atoms with Crippen molar-refractivity contribution in [2.24, 2.45) is 0 Å². The van der Waals surface area contributed by atoms with E-state index in [2.05, 4.69) is 141 Å². The van der Waals surface area contributed by atoms with E-state index in [9.17, 15) is 0 Å². The molecular formula is C38H28BNOS3. The molecule has 0 atom stereocenters. The largest absolute Gasteiger partial charge is 0.468 e. The van der Waals surface area contributed by atoms with Gasteiger partial charge in [0.2, 0.25) is 0 Å². The molecule has 0 spiro atoms. The zero-order valence-corrected chi connectivity index (χ0v) is 27.1. The van der Waals surface area contributed by atoms with Crippen LogP contribution in [0.15, 0.2) is 139 Å². The number of hydrogen-bond acceptors (Lipinski definition) is 5. The van der Waals surface area contributed by atoms with Crippen LogP contribution in [0.1, 0.15) is 26.3 Å². The first-order chi connectivity index (χ1) is 21.4. The lowest BCUT2D eigenvalue weighted by Gasteiger charge is -2.33. The Morgan fingerprint density at radius 1 is 0.659 bits per heavy atom. The fraction of sp³-hybridized carbons (Fsp3) is 0.105. The van der Waals surface area contributed by atoms with Gasteiger partial charge in [-0.3, -0.25) is 0 Å². The summed E-state index contributed by atoms with van der Waals surface area (Å²) in [6, 6.07) is 41.9. The molecule has 2 aliphatic heterocycles. The summed E-state index contributed by atoms with van der Waals surface area (Å²) in [5.74, 6) is 0. The molecule has 0 radical (unpaired) electrons. The van der Waals surface area contributed by atoms with Gasteiger partial charge in [-0.15, -0.1) is 11.3 Å². The van der Waals surface area contributed by atoms with Crippen LogP contribution >= 0.6 is 34.9 Å². The SMILES string of the molecule is CC(C)(C)c1cc2c3c(c1)Sc1c(oc4c1sc1ccccc14)B3c1ccc(N(c3ccccc3)c3ccccc3)cc1S2. The van der Waals surface area contributed by atoms with Crippen molar-refractivity contribution >= 4 is 95.6 Å². The van der Waals surface area contributed by atoms with Crippen molar-refractivity contribution in [3.05, 3.63) is 121 Å². The summed E-state index contributed by atoms with van der Waals surface area (Å²) >= 11 is 5.67. The lowest BCUT2D eigenvalue weighted by molar-refractivity contribution is 0.587. The Labute approximate surface area is 270 Å². The summed E-state index contributed by atoms with van der Waals surface area (Å²) in [4.78, 5) is 7.63. The predicted molar refractivity (Wildman–Crippen MR) is 191 cm³/mol. The molecule has 0 saturated carbocycles. The van der Waals surface area contributed by atoms with Gasteiger partial charge in [-0.25, -0.2) is 0 Å². The number of thiophene rings is 1. The second kappa shape index (κ2) is 9.83. The average Bonchev–Trinajstić information content (AvgIpc) is 3.58. The lowest BCUT2D eigenvalue weighted by atomic mass is 9.38. The van der Waals surface area contributed by atoms with Crippen molar-refractivity contribution in [3.63, 3.8) is 0 Å². The molecule has 7 aromatic rings. The van der Waals surface area contributed by atoms with Gasteiger partial charge >= 0.3 is 0 Å². The number of anilines is 3. The van der Waals surface area contributed by atoms with Crippen LogP contribution in [0.2, 0.25) is 0 Å². The summed E-state index contributed by atoms with van der Waals surface area (Å²) in [7, 11) is 0. The number of furan rings is 1. The first-order valence-corrected chi connectivity index (χ1v) is 17.4. The molecule has 2 nitrogen and oxygen atoms in total. The van der Waals surface area contributed by atoms with E-state index in [1.165, 1.54) is 50.9 Å². The highest BCUT2D eigenvalue weighted by Crippen LogP contribution is 2.48. The summed E-state index contributed by atoms with van der Waals surface area (Å²) < 4.78 is 9.49. The molecule has 2 aromatic heterocycles. The van der Waals surface area contributed by atoms with Gasteiger partial charge in [0.15, 0.2) is 5.58 Å². The van der Waals surface area contributed by atoms with E-state index in [0.717, 1.165) is 28.3 Å². The molecule has 5 aromatic carbocycles. The van der Waals surface area contributed by atoms with Crippen LogP contribution in [-0.2, 0) is 5.41 Å². The molecule has 6 heteroatoms. The molecule has 0 bridgehead atoms. The quantitative estimate of drug-likeness (QED) is 0.183. The number of hydrogen-bond donors (Lipinski definition) is 0. The molecule has 212 valence electrons. The molecular weight excluding hydrogens is 593 g/mol. The molecule has 2 aliphatic rings. The van der Waals surface area contributed by atoms with E-state index in [-0.39, 0.29) is 12.1 Å². The number of fused-ring (bicyclic) bond motifs is 8. The molecule has 0 N–H and O–H groups in total. The summed E-state index contributed by atoms with van der Waals surface area (Å²) in [5, 5.41) is 1.21. The van der Waals surface area contributed by atoms with Crippen molar-refractivity contribution in [2.45, 2.75) is 45.8 Å². The summed E-state index contributed by atoms with van der Waals surface area (Å²) in [6.45, 7) is 7.02. The number of benzene rings is 5. The molecule has 9 rings (SSSR count). The second-order valence-corrected chi connectivity index (χ2v) is 15.7. The third-order valence-electron chi connectivity index (χ3n) is 8.74. The molecule has 0 aliphatic carbocycles. The molecule has 0 fully saturated rings. The van der Waals surface area contributed by atoms with Crippen molar-refractivity contribution in [1.82, 2.24) is 0 Å². The maximum Gasteiger partial charge on any atom is 0.292 e.